The number of amides is 1. The Balaban J connectivity index is 1.39. The van der Waals surface area contributed by atoms with Crippen LogP contribution in [-0.2, 0) is 20.1 Å². The molecule has 1 heterocycles. The van der Waals surface area contributed by atoms with Crippen molar-refractivity contribution in [1.29, 1.82) is 0 Å². The van der Waals surface area contributed by atoms with E-state index in [0.717, 1.165) is 16.5 Å². The van der Waals surface area contributed by atoms with E-state index >= 15 is 0 Å². The van der Waals surface area contributed by atoms with Gasteiger partial charge in [-0.3, -0.25) is 9.59 Å². The molecule has 5 nitrogen and oxygen atoms in total. The van der Waals surface area contributed by atoms with Gasteiger partial charge < -0.3 is 14.5 Å². The van der Waals surface area contributed by atoms with Crippen LogP contribution in [0.5, 0.6) is 0 Å². The number of fused-ring (bicyclic) bond motifs is 1. The Hall–Kier alpha value is -2.44. The molecule has 28 heavy (non-hydrogen) atoms. The van der Waals surface area contributed by atoms with Crippen LogP contribution in [0.3, 0.4) is 0 Å². The van der Waals surface area contributed by atoms with Crippen LogP contribution in [0.4, 0.5) is 0 Å². The maximum absolute atomic E-state index is 12.0. The summed E-state index contributed by atoms with van der Waals surface area (Å²) in [4.78, 5) is 23.9. The normalized spacial score (nSPS) is 11.9. The van der Waals surface area contributed by atoms with E-state index in [4.69, 9.17) is 20.8 Å². The smallest absolute Gasteiger partial charge is 0.316 e. The van der Waals surface area contributed by atoms with E-state index in [0.29, 0.717) is 16.5 Å². The summed E-state index contributed by atoms with van der Waals surface area (Å²) in [7, 11) is 0. The fourth-order valence-corrected chi connectivity index (χ4v) is 3.72. The number of benzene rings is 2. The van der Waals surface area contributed by atoms with Crippen molar-refractivity contribution in [2.45, 2.75) is 18.7 Å². The number of thioether (sulfide) groups is 1. The summed E-state index contributed by atoms with van der Waals surface area (Å²) in [5, 5.41) is 4.41. The lowest BCUT2D eigenvalue weighted by atomic mass is 10.2. The molecule has 0 aliphatic carbocycles. The third-order valence-corrected chi connectivity index (χ3v) is 5.37. The number of furan rings is 1. The average Bonchev–Trinajstić information content (AvgIpc) is 3.12. The summed E-state index contributed by atoms with van der Waals surface area (Å²) in [6, 6.07) is 16.7. The van der Waals surface area contributed by atoms with Crippen LogP contribution in [0.15, 0.2) is 59.0 Å². The summed E-state index contributed by atoms with van der Waals surface area (Å²) in [6.07, 6.45) is 0. The van der Waals surface area contributed by atoms with Crippen LogP contribution < -0.4 is 5.32 Å². The molecule has 0 fully saturated rings. The molecule has 7 heteroatoms. The lowest BCUT2D eigenvalue weighted by Crippen LogP contribution is -2.31. The van der Waals surface area contributed by atoms with Crippen LogP contribution in [0.1, 0.15) is 24.3 Å². The number of nitrogens with one attached hydrogen (secondary N) is 1. The first-order valence-corrected chi connectivity index (χ1v) is 10.3. The molecule has 1 N–H and O–H groups in total. The number of esters is 1. The Bertz CT molecular complexity index is 939. The van der Waals surface area contributed by atoms with E-state index in [1.165, 1.54) is 11.8 Å². The van der Waals surface area contributed by atoms with E-state index in [1.54, 1.807) is 0 Å². The SMILES string of the molecule is C[C@@H](NC(=O)COC(=O)CSCc1ccccc1Cl)c1cc2ccccc2o1. The van der Waals surface area contributed by atoms with E-state index in [-0.39, 0.29) is 24.3 Å². The van der Waals surface area contributed by atoms with Gasteiger partial charge in [-0.1, -0.05) is 48.0 Å². The zero-order valence-electron chi connectivity index (χ0n) is 15.3. The zero-order valence-corrected chi connectivity index (χ0v) is 16.9. The zero-order chi connectivity index (χ0) is 19.9. The molecule has 0 aliphatic rings. The molecule has 1 aromatic heterocycles. The van der Waals surface area contributed by atoms with Crippen LogP contribution in [0.25, 0.3) is 11.0 Å². The first-order valence-electron chi connectivity index (χ1n) is 8.77. The number of carbonyl (C=O) groups excluding carboxylic acids is 2. The quantitative estimate of drug-likeness (QED) is 0.536. The minimum atomic E-state index is -0.441. The van der Waals surface area contributed by atoms with Crippen molar-refractivity contribution < 1.29 is 18.7 Å². The fourth-order valence-electron chi connectivity index (χ4n) is 2.62. The molecule has 0 radical (unpaired) electrons. The molecule has 3 aromatic rings. The minimum Gasteiger partial charge on any atom is -0.459 e. The van der Waals surface area contributed by atoms with Crippen LogP contribution in [0.2, 0.25) is 5.02 Å². The Kier molecular flexibility index (Phi) is 7.01. The molecular weight excluding hydrogens is 398 g/mol. The summed E-state index contributed by atoms with van der Waals surface area (Å²) in [5.74, 6) is 0.582. The van der Waals surface area contributed by atoms with Crippen LogP contribution >= 0.6 is 23.4 Å². The Morgan fingerprint density at radius 1 is 1.18 bits per heavy atom. The molecule has 0 saturated heterocycles. The van der Waals surface area contributed by atoms with Crippen molar-refractivity contribution in [3.63, 3.8) is 0 Å². The number of ether oxygens (including phenoxy) is 1. The second kappa shape index (κ2) is 9.66. The Morgan fingerprint density at radius 3 is 2.71 bits per heavy atom. The third-order valence-electron chi connectivity index (χ3n) is 4.05. The van der Waals surface area contributed by atoms with Gasteiger partial charge in [0.05, 0.1) is 11.8 Å². The van der Waals surface area contributed by atoms with E-state index in [2.05, 4.69) is 5.32 Å². The number of halogens is 1. The molecule has 0 aliphatic heterocycles. The highest BCUT2D eigenvalue weighted by Gasteiger charge is 2.15. The molecule has 0 unspecified atom stereocenters. The minimum absolute atomic E-state index is 0.150. The molecule has 0 spiro atoms. The Labute approximate surface area is 172 Å². The van der Waals surface area contributed by atoms with Crippen molar-refractivity contribution >= 4 is 46.2 Å². The molecule has 2 aromatic carbocycles. The highest BCUT2D eigenvalue weighted by molar-refractivity contribution is 7.99. The van der Waals surface area contributed by atoms with Gasteiger partial charge in [-0.2, -0.15) is 0 Å². The summed E-state index contributed by atoms with van der Waals surface area (Å²) in [6.45, 7) is 1.49. The van der Waals surface area contributed by atoms with Crippen LogP contribution in [0, 0.1) is 0 Å². The number of hydrogen-bond acceptors (Lipinski definition) is 5. The van der Waals surface area contributed by atoms with Crippen molar-refractivity contribution in [3.05, 3.63) is 70.9 Å². The second-order valence-electron chi connectivity index (χ2n) is 6.22. The predicted octanol–water partition coefficient (Wildman–Crippen LogP) is 4.74. The molecule has 3 rings (SSSR count). The monoisotopic (exact) mass is 417 g/mol. The lowest BCUT2D eigenvalue weighted by molar-refractivity contribution is -0.146. The van der Waals surface area contributed by atoms with Gasteiger partial charge >= 0.3 is 5.97 Å². The first-order chi connectivity index (χ1) is 13.5. The van der Waals surface area contributed by atoms with Gasteiger partial charge in [-0.25, -0.2) is 0 Å². The molecule has 1 atom stereocenters. The number of rotatable bonds is 8. The number of para-hydroxylation sites is 1. The van der Waals surface area contributed by atoms with Crippen molar-refractivity contribution in [3.8, 4) is 0 Å². The number of carbonyl (C=O) groups is 2. The topological polar surface area (TPSA) is 68.5 Å². The lowest BCUT2D eigenvalue weighted by Gasteiger charge is -2.11. The highest BCUT2D eigenvalue weighted by atomic mass is 35.5. The van der Waals surface area contributed by atoms with E-state index < -0.39 is 5.97 Å². The average molecular weight is 418 g/mol. The maximum atomic E-state index is 12.0. The van der Waals surface area contributed by atoms with Gasteiger partial charge in [-0.15, -0.1) is 11.8 Å². The standard InChI is InChI=1S/C21H20ClNO4S/c1-14(19-10-15-6-3-5-9-18(15)27-19)23-20(24)11-26-21(25)13-28-12-16-7-2-4-8-17(16)22/h2-10,14H,11-13H2,1H3,(H,23,24)/t14-/m1/s1. The summed E-state index contributed by atoms with van der Waals surface area (Å²) in [5.41, 5.74) is 1.72. The molecule has 146 valence electrons. The van der Waals surface area contributed by atoms with Crippen molar-refractivity contribution in [2.75, 3.05) is 12.4 Å². The molecule has 1 amide bonds. The summed E-state index contributed by atoms with van der Waals surface area (Å²) < 4.78 is 10.8. The van der Waals surface area contributed by atoms with Crippen molar-refractivity contribution in [2.24, 2.45) is 0 Å². The molecule has 0 bridgehead atoms. The molecule has 0 saturated carbocycles. The first kappa shape index (κ1) is 20.3. The van der Waals surface area contributed by atoms with Gasteiger partial charge in [0.1, 0.15) is 11.3 Å². The predicted molar refractivity (Wildman–Crippen MR) is 111 cm³/mol. The third kappa shape index (κ3) is 5.53. The summed E-state index contributed by atoms with van der Waals surface area (Å²) >= 11 is 7.46. The maximum Gasteiger partial charge on any atom is 0.316 e. The molecular formula is C21H20ClNO4S. The van der Waals surface area contributed by atoms with Gasteiger partial charge in [0, 0.05) is 16.2 Å². The van der Waals surface area contributed by atoms with Crippen molar-refractivity contribution in [1.82, 2.24) is 5.32 Å². The van der Waals surface area contributed by atoms with Gasteiger partial charge in [0.2, 0.25) is 0 Å². The van der Waals surface area contributed by atoms with Gasteiger partial charge in [0.25, 0.3) is 5.91 Å². The Morgan fingerprint density at radius 2 is 1.93 bits per heavy atom. The van der Waals surface area contributed by atoms with Gasteiger partial charge in [-0.05, 0) is 30.7 Å². The highest BCUT2D eigenvalue weighted by Crippen LogP contribution is 2.23. The van der Waals surface area contributed by atoms with Gasteiger partial charge in [0.15, 0.2) is 6.61 Å². The fraction of sp³-hybridized carbons (Fsp3) is 0.238. The number of hydrogen-bond donors (Lipinski definition) is 1. The van der Waals surface area contributed by atoms with E-state index in [1.807, 2.05) is 61.5 Å². The van der Waals surface area contributed by atoms with Crippen LogP contribution in [-0.4, -0.2) is 24.2 Å². The second-order valence-corrected chi connectivity index (χ2v) is 7.61. The largest absolute Gasteiger partial charge is 0.459 e. The van der Waals surface area contributed by atoms with E-state index in [9.17, 15) is 9.59 Å².